The largest absolute Gasteiger partial charge is 0.313 e. The van der Waals surface area contributed by atoms with E-state index in [1.54, 1.807) is 18.5 Å². The minimum absolute atomic E-state index is 0.0469. The Hall–Kier alpha value is -1.49. The molecule has 0 aromatic carbocycles. The van der Waals surface area contributed by atoms with Crippen molar-refractivity contribution in [2.45, 2.75) is 25.3 Å². The number of carbonyl (C=O) groups excluding carboxylic acids is 1. The number of nitrogens with zero attached hydrogens (tertiary/aromatic N) is 2. The van der Waals surface area contributed by atoms with Gasteiger partial charge in [0.25, 0.3) is 0 Å². The zero-order valence-corrected chi connectivity index (χ0v) is 8.44. The lowest BCUT2D eigenvalue weighted by molar-refractivity contribution is -0.116. The van der Waals surface area contributed by atoms with Crippen molar-refractivity contribution in [3.63, 3.8) is 0 Å². The van der Waals surface area contributed by atoms with Crippen LogP contribution in [-0.4, -0.2) is 28.5 Å². The summed E-state index contributed by atoms with van der Waals surface area (Å²) < 4.78 is 0. The molecule has 0 saturated heterocycles. The van der Waals surface area contributed by atoms with Crippen molar-refractivity contribution in [2.75, 3.05) is 11.9 Å². The average Bonchev–Trinajstić information content (AvgIpc) is 3.03. The SMILES string of the molecule is O=C(CCNC1CC1)Nc1ncccn1. The van der Waals surface area contributed by atoms with Gasteiger partial charge >= 0.3 is 0 Å². The van der Waals surface area contributed by atoms with Crippen LogP contribution < -0.4 is 10.6 Å². The van der Waals surface area contributed by atoms with E-state index < -0.39 is 0 Å². The Labute approximate surface area is 88.3 Å². The maximum Gasteiger partial charge on any atom is 0.229 e. The van der Waals surface area contributed by atoms with Gasteiger partial charge in [0.2, 0.25) is 11.9 Å². The maximum atomic E-state index is 11.4. The van der Waals surface area contributed by atoms with Gasteiger partial charge in [0.15, 0.2) is 0 Å². The highest BCUT2D eigenvalue weighted by atomic mass is 16.1. The molecule has 15 heavy (non-hydrogen) atoms. The van der Waals surface area contributed by atoms with Gasteiger partial charge in [0, 0.05) is 31.4 Å². The normalized spacial score (nSPS) is 14.9. The molecule has 1 aromatic rings. The van der Waals surface area contributed by atoms with Gasteiger partial charge in [-0.2, -0.15) is 0 Å². The van der Waals surface area contributed by atoms with Crippen LogP contribution in [0.2, 0.25) is 0 Å². The van der Waals surface area contributed by atoms with Crippen molar-refractivity contribution in [1.82, 2.24) is 15.3 Å². The molecule has 5 nitrogen and oxygen atoms in total. The van der Waals surface area contributed by atoms with Gasteiger partial charge in [0.1, 0.15) is 0 Å². The Morgan fingerprint density at radius 2 is 2.13 bits per heavy atom. The molecule has 2 rings (SSSR count). The molecule has 0 atom stereocenters. The second-order valence-electron chi connectivity index (χ2n) is 3.60. The Bertz CT molecular complexity index is 323. The van der Waals surface area contributed by atoms with Crippen LogP contribution >= 0.6 is 0 Å². The standard InChI is InChI=1S/C10H14N4O/c15-9(4-7-11-8-2-3-8)14-10-12-5-1-6-13-10/h1,5-6,8,11H,2-4,7H2,(H,12,13,14,15). The summed E-state index contributed by atoms with van der Waals surface area (Å²) in [4.78, 5) is 19.2. The van der Waals surface area contributed by atoms with Crippen LogP contribution in [0, 0.1) is 0 Å². The third-order valence-corrected chi connectivity index (χ3v) is 2.18. The minimum atomic E-state index is -0.0469. The van der Waals surface area contributed by atoms with Crippen molar-refractivity contribution in [2.24, 2.45) is 0 Å². The molecule has 0 unspecified atom stereocenters. The van der Waals surface area contributed by atoms with Gasteiger partial charge in [-0.05, 0) is 18.9 Å². The Balaban J connectivity index is 1.67. The van der Waals surface area contributed by atoms with Crippen molar-refractivity contribution >= 4 is 11.9 Å². The van der Waals surface area contributed by atoms with Crippen molar-refractivity contribution < 1.29 is 4.79 Å². The van der Waals surface area contributed by atoms with Crippen molar-refractivity contribution in [3.05, 3.63) is 18.5 Å². The minimum Gasteiger partial charge on any atom is -0.313 e. The topological polar surface area (TPSA) is 66.9 Å². The highest BCUT2D eigenvalue weighted by Gasteiger charge is 2.20. The van der Waals surface area contributed by atoms with Gasteiger partial charge in [0.05, 0.1) is 0 Å². The third kappa shape index (κ3) is 3.63. The van der Waals surface area contributed by atoms with Crippen molar-refractivity contribution in [1.29, 1.82) is 0 Å². The Morgan fingerprint density at radius 3 is 2.80 bits per heavy atom. The molecule has 2 N–H and O–H groups in total. The number of amides is 1. The average molecular weight is 206 g/mol. The predicted octanol–water partition coefficient (Wildman–Crippen LogP) is 0.557. The van der Waals surface area contributed by atoms with Crippen LogP contribution in [0.15, 0.2) is 18.5 Å². The van der Waals surface area contributed by atoms with Gasteiger partial charge in [-0.25, -0.2) is 9.97 Å². The summed E-state index contributed by atoms with van der Waals surface area (Å²) >= 11 is 0. The number of hydrogen-bond donors (Lipinski definition) is 2. The van der Waals surface area contributed by atoms with E-state index in [-0.39, 0.29) is 5.91 Å². The van der Waals surface area contributed by atoms with E-state index in [0.29, 0.717) is 18.4 Å². The highest BCUT2D eigenvalue weighted by Crippen LogP contribution is 2.18. The zero-order valence-electron chi connectivity index (χ0n) is 8.44. The molecular weight excluding hydrogens is 192 g/mol. The summed E-state index contributed by atoms with van der Waals surface area (Å²) in [7, 11) is 0. The second-order valence-corrected chi connectivity index (χ2v) is 3.60. The van der Waals surface area contributed by atoms with Gasteiger partial charge in [-0.3, -0.25) is 10.1 Å². The summed E-state index contributed by atoms with van der Waals surface area (Å²) in [6, 6.07) is 2.36. The summed E-state index contributed by atoms with van der Waals surface area (Å²) in [6.07, 6.45) is 6.15. The first-order chi connectivity index (χ1) is 7.34. The zero-order chi connectivity index (χ0) is 10.5. The lowest BCUT2D eigenvalue weighted by Gasteiger charge is -2.03. The number of rotatable bonds is 5. The molecule has 1 fully saturated rings. The molecule has 5 heteroatoms. The summed E-state index contributed by atoms with van der Waals surface area (Å²) in [5.41, 5.74) is 0. The monoisotopic (exact) mass is 206 g/mol. The molecular formula is C10H14N4O. The van der Waals surface area contributed by atoms with Crippen LogP contribution in [0.1, 0.15) is 19.3 Å². The van der Waals surface area contributed by atoms with Crippen LogP contribution in [0.5, 0.6) is 0 Å². The van der Waals surface area contributed by atoms with Crippen LogP contribution in [-0.2, 0) is 4.79 Å². The molecule has 0 bridgehead atoms. The fourth-order valence-electron chi connectivity index (χ4n) is 1.23. The summed E-state index contributed by atoms with van der Waals surface area (Å²) in [5, 5.41) is 5.91. The van der Waals surface area contributed by atoms with Crippen LogP contribution in [0.3, 0.4) is 0 Å². The molecule has 1 aromatic heterocycles. The van der Waals surface area contributed by atoms with E-state index in [0.717, 1.165) is 6.54 Å². The first-order valence-electron chi connectivity index (χ1n) is 5.15. The molecule has 80 valence electrons. The molecule has 1 aliphatic rings. The third-order valence-electron chi connectivity index (χ3n) is 2.18. The van der Waals surface area contributed by atoms with E-state index in [1.807, 2.05) is 0 Å². The van der Waals surface area contributed by atoms with E-state index in [2.05, 4.69) is 20.6 Å². The fraction of sp³-hybridized carbons (Fsp3) is 0.500. The summed E-state index contributed by atoms with van der Waals surface area (Å²) in [6.45, 7) is 0.726. The van der Waals surface area contributed by atoms with E-state index in [1.165, 1.54) is 12.8 Å². The van der Waals surface area contributed by atoms with E-state index >= 15 is 0 Å². The number of carbonyl (C=O) groups is 1. The molecule has 1 heterocycles. The lowest BCUT2D eigenvalue weighted by Crippen LogP contribution is -2.23. The number of hydrogen-bond acceptors (Lipinski definition) is 4. The van der Waals surface area contributed by atoms with Gasteiger partial charge in [-0.15, -0.1) is 0 Å². The molecule has 1 saturated carbocycles. The second kappa shape index (κ2) is 4.84. The van der Waals surface area contributed by atoms with E-state index in [4.69, 9.17) is 0 Å². The Kier molecular flexibility index (Phi) is 3.24. The van der Waals surface area contributed by atoms with Crippen molar-refractivity contribution in [3.8, 4) is 0 Å². The molecule has 1 amide bonds. The maximum absolute atomic E-state index is 11.4. The number of nitrogens with one attached hydrogen (secondary N) is 2. The molecule has 0 spiro atoms. The van der Waals surface area contributed by atoms with E-state index in [9.17, 15) is 4.79 Å². The van der Waals surface area contributed by atoms with Crippen LogP contribution in [0.4, 0.5) is 5.95 Å². The van der Waals surface area contributed by atoms with Gasteiger partial charge in [-0.1, -0.05) is 0 Å². The number of anilines is 1. The smallest absolute Gasteiger partial charge is 0.229 e. The molecule has 1 aliphatic carbocycles. The highest BCUT2D eigenvalue weighted by molar-refractivity contribution is 5.88. The van der Waals surface area contributed by atoms with Gasteiger partial charge < -0.3 is 5.32 Å². The molecule has 0 aliphatic heterocycles. The number of aromatic nitrogens is 2. The van der Waals surface area contributed by atoms with Crippen LogP contribution in [0.25, 0.3) is 0 Å². The molecule has 0 radical (unpaired) electrons. The fourth-order valence-corrected chi connectivity index (χ4v) is 1.23. The Morgan fingerprint density at radius 1 is 1.40 bits per heavy atom. The quantitative estimate of drug-likeness (QED) is 0.738. The first kappa shape index (κ1) is 10.0. The predicted molar refractivity (Wildman–Crippen MR) is 56.3 cm³/mol. The lowest BCUT2D eigenvalue weighted by atomic mass is 10.4. The first-order valence-corrected chi connectivity index (χ1v) is 5.15. The summed E-state index contributed by atoms with van der Waals surface area (Å²) in [5.74, 6) is 0.322.